The molecule has 13 heavy (non-hydrogen) atoms. The van der Waals surface area contributed by atoms with Crippen LogP contribution in [0.1, 0.15) is 32.6 Å². The molecule has 1 unspecified atom stereocenters. The predicted molar refractivity (Wildman–Crippen MR) is 52.4 cm³/mol. The minimum atomic E-state index is -2.79. The average molecular weight is 203 g/mol. The van der Waals surface area contributed by atoms with Crippen LogP contribution in [-0.2, 0) is 9.84 Å². The second-order valence-corrected chi connectivity index (χ2v) is 6.75. The number of sulfone groups is 1. The molecule has 4 heteroatoms. The van der Waals surface area contributed by atoms with Crippen molar-refractivity contribution in [3.05, 3.63) is 0 Å². The van der Waals surface area contributed by atoms with Gasteiger partial charge in [0.1, 0.15) is 0 Å². The van der Waals surface area contributed by atoms with Crippen molar-refractivity contribution in [3.63, 3.8) is 0 Å². The van der Waals surface area contributed by atoms with Crippen molar-refractivity contribution in [3.8, 4) is 0 Å². The zero-order valence-electron chi connectivity index (χ0n) is 7.99. The lowest BCUT2D eigenvalue weighted by Gasteiger charge is -2.28. The molecule has 0 radical (unpaired) electrons. The van der Waals surface area contributed by atoms with Crippen LogP contribution >= 0.6 is 0 Å². The monoisotopic (exact) mass is 203 g/mol. The number of hydrogen-bond donors (Lipinski definition) is 1. The molecule has 2 aliphatic rings. The standard InChI is InChI=1S/C9H17NO2S/c1-2-13(11,12)9-5-7-3-4-8(6-9)10-7/h7-10H,2-6H2,1H3/t7-,8+,9?. The van der Waals surface area contributed by atoms with E-state index in [-0.39, 0.29) is 5.25 Å². The van der Waals surface area contributed by atoms with Gasteiger partial charge >= 0.3 is 0 Å². The molecule has 0 aromatic rings. The van der Waals surface area contributed by atoms with E-state index in [4.69, 9.17) is 0 Å². The van der Waals surface area contributed by atoms with Crippen molar-refractivity contribution in [1.82, 2.24) is 5.32 Å². The molecule has 2 fully saturated rings. The van der Waals surface area contributed by atoms with Crippen LogP contribution < -0.4 is 5.32 Å². The van der Waals surface area contributed by atoms with Gasteiger partial charge in [0.25, 0.3) is 0 Å². The molecule has 1 N–H and O–H groups in total. The van der Waals surface area contributed by atoms with E-state index in [0.29, 0.717) is 17.8 Å². The van der Waals surface area contributed by atoms with Gasteiger partial charge in [-0.3, -0.25) is 0 Å². The van der Waals surface area contributed by atoms with E-state index in [0.717, 1.165) is 12.8 Å². The van der Waals surface area contributed by atoms with Gasteiger partial charge in [0.2, 0.25) is 0 Å². The molecule has 2 rings (SSSR count). The van der Waals surface area contributed by atoms with E-state index in [9.17, 15) is 8.42 Å². The lowest BCUT2D eigenvalue weighted by molar-refractivity contribution is 0.401. The van der Waals surface area contributed by atoms with Gasteiger partial charge in [-0.25, -0.2) is 8.42 Å². The Balaban J connectivity index is 2.11. The van der Waals surface area contributed by atoms with Gasteiger partial charge in [-0.15, -0.1) is 0 Å². The summed E-state index contributed by atoms with van der Waals surface area (Å²) < 4.78 is 23.3. The number of piperidine rings is 1. The van der Waals surface area contributed by atoms with Crippen molar-refractivity contribution < 1.29 is 8.42 Å². The summed E-state index contributed by atoms with van der Waals surface area (Å²) in [5.74, 6) is 0.303. The highest BCUT2D eigenvalue weighted by molar-refractivity contribution is 7.92. The first-order valence-corrected chi connectivity index (χ1v) is 6.81. The molecule has 0 aromatic carbocycles. The van der Waals surface area contributed by atoms with Crippen molar-refractivity contribution in [2.24, 2.45) is 0 Å². The summed E-state index contributed by atoms with van der Waals surface area (Å²) >= 11 is 0. The van der Waals surface area contributed by atoms with E-state index in [1.54, 1.807) is 6.92 Å². The van der Waals surface area contributed by atoms with Crippen LogP contribution in [0, 0.1) is 0 Å². The zero-order chi connectivity index (χ0) is 9.47. The summed E-state index contributed by atoms with van der Waals surface area (Å²) in [5.41, 5.74) is 0. The predicted octanol–water partition coefficient (Wildman–Crippen LogP) is 0.704. The Kier molecular flexibility index (Phi) is 2.36. The Labute approximate surface area is 79.8 Å². The van der Waals surface area contributed by atoms with Gasteiger partial charge in [0.05, 0.1) is 5.25 Å². The zero-order valence-corrected chi connectivity index (χ0v) is 8.81. The number of nitrogens with one attached hydrogen (secondary N) is 1. The van der Waals surface area contributed by atoms with Gasteiger partial charge in [-0.05, 0) is 25.7 Å². The van der Waals surface area contributed by atoms with Crippen LogP contribution in [0.4, 0.5) is 0 Å². The Morgan fingerprint density at radius 2 is 1.77 bits per heavy atom. The largest absolute Gasteiger partial charge is 0.311 e. The first kappa shape index (κ1) is 9.46. The third-order valence-electron chi connectivity index (χ3n) is 3.34. The number of fused-ring (bicyclic) bond motifs is 2. The highest BCUT2D eigenvalue weighted by Crippen LogP contribution is 2.30. The van der Waals surface area contributed by atoms with Crippen LogP contribution in [-0.4, -0.2) is 31.5 Å². The highest BCUT2D eigenvalue weighted by Gasteiger charge is 2.38. The maximum absolute atomic E-state index is 11.6. The van der Waals surface area contributed by atoms with Gasteiger partial charge in [0.15, 0.2) is 9.84 Å². The van der Waals surface area contributed by atoms with Crippen molar-refractivity contribution in [2.75, 3.05) is 5.75 Å². The van der Waals surface area contributed by atoms with Crippen LogP contribution in [0.2, 0.25) is 0 Å². The molecule has 2 aliphatic heterocycles. The summed E-state index contributed by atoms with van der Waals surface area (Å²) in [7, 11) is -2.79. The molecule has 76 valence electrons. The lowest BCUT2D eigenvalue weighted by Crippen LogP contribution is -2.43. The summed E-state index contributed by atoms with van der Waals surface area (Å²) in [6, 6.07) is 0.954. The minimum absolute atomic E-state index is 0.0590. The Bertz CT molecular complexity index is 274. The molecule has 0 saturated carbocycles. The molecular weight excluding hydrogens is 186 g/mol. The second-order valence-electron chi connectivity index (χ2n) is 4.18. The first-order chi connectivity index (χ1) is 6.12. The highest BCUT2D eigenvalue weighted by atomic mass is 32.2. The maximum Gasteiger partial charge on any atom is 0.153 e. The molecule has 0 amide bonds. The summed E-state index contributed by atoms with van der Waals surface area (Å²) in [6.07, 6.45) is 4.01. The van der Waals surface area contributed by atoms with Crippen LogP contribution in [0.3, 0.4) is 0 Å². The fraction of sp³-hybridized carbons (Fsp3) is 1.00. The molecule has 0 spiro atoms. The summed E-state index contributed by atoms with van der Waals surface area (Å²) in [5, 5.41) is 3.39. The van der Waals surface area contributed by atoms with Crippen molar-refractivity contribution >= 4 is 9.84 Å². The third kappa shape index (κ3) is 1.74. The van der Waals surface area contributed by atoms with Gasteiger partial charge in [-0.2, -0.15) is 0 Å². The number of rotatable bonds is 2. The first-order valence-electron chi connectivity index (χ1n) is 5.09. The van der Waals surface area contributed by atoms with E-state index >= 15 is 0 Å². The van der Waals surface area contributed by atoms with Crippen LogP contribution in [0.5, 0.6) is 0 Å². The minimum Gasteiger partial charge on any atom is -0.311 e. The summed E-state index contributed by atoms with van der Waals surface area (Å²) in [4.78, 5) is 0. The topological polar surface area (TPSA) is 46.2 Å². The van der Waals surface area contributed by atoms with Crippen molar-refractivity contribution in [1.29, 1.82) is 0 Å². The van der Waals surface area contributed by atoms with Gasteiger partial charge in [0, 0.05) is 17.8 Å². The van der Waals surface area contributed by atoms with Crippen LogP contribution in [0.25, 0.3) is 0 Å². The fourth-order valence-corrected chi connectivity index (χ4v) is 4.06. The SMILES string of the molecule is CCS(=O)(=O)C1C[C@H]2CC[C@@H](C1)N2. The Hall–Kier alpha value is -0.0900. The maximum atomic E-state index is 11.6. The average Bonchev–Trinajstić information content (AvgIpc) is 2.45. The normalized spacial score (nSPS) is 39.3. The smallest absolute Gasteiger partial charge is 0.153 e. The molecule has 2 saturated heterocycles. The van der Waals surface area contributed by atoms with Gasteiger partial charge < -0.3 is 5.32 Å². The molecule has 0 aliphatic carbocycles. The van der Waals surface area contributed by atoms with E-state index in [2.05, 4.69) is 5.32 Å². The molecular formula is C9H17NO2S. The van der Waals surface area contributed by atoms with E-state index < -0.39 is 9.84 Å². The van der Waals surface area contributed by atoms with E-state index in [1.165, 1.54) is 12.8 Å². The fourth-order valence-electron chi connectivity index (χ4n) is 2.53. The Morgan fingerprint density at radius 3 is 2.23 bits per heavy atom. The number of hydrogen-bond acceptors (Lipinski definition) is 3. The van der Waals surface area contributed by atoms with E-state index in [1.807, 2.05) is 0 Å². The molecule has 2 heterocycles. The van der Waals surface area contributed by atoms with Gasteiger partial charge in [-0.1, -0.05) is 6.92 Å². The second kappa shape index (κ2) is 3.24. The lowest BCUT2D eigenvalue weighted by atomic mass is 10.1. The molecule has 0 aromatic heterocycles. The quantitative estimate of drug-likeness (QED) is 0.719. The molecule has 2 bridgehead atoms. The van der Waals surface area contributed by atoms with Crippen LogP contribution in [0.15, 0.2) is 0 Å². The molecule has 3 nitrogen and oxygen atoms in total. The summed E-state index contributed by atoms with van der Waals surface area (Å²) in [6.45, 7) is 1.75. The van der Waals surface area contributed by atoms with Crippen molar-refractivity contribution in [2.45, 2.75) is 49.9 Å². The molecule has 3 atom stereocenters. The Morgan fingerprint density at radius 1 is 1.23 bits per heavy atom. The third-order valence-corrected chi connectivity index (χ3v) is 5.55.